The van der Waals surface area contributed by atoms with Crippen LogP contribution in [0.4, 0.5) is 4.39 Å². The number of rotatable bonds is 15. The van der Waals surface area contributed by atoms with Crippen molar-refractivity contribution in [2.24, 2.45) is 17.8 Å². The number of aliphatic hydroxyl groups excluding tert-OH is 2. The zero-order valence-corrected chi connectivity index (χ0v) is 45.6. The molecule has 0 aromatic heterocycles. The Bertz CT molecular complexity index is 2000. The van der Waals surface area contributed by atoms with Gasteiger partial charge in [-0.25, -0.2) is 0 Å². The summed E-state index contributed by atoms with van der Waals surface area (Å²) in [5.41, 5.74) is 4.74. The van der Waals surface area contributed by atoms with E-state index >= 15 is 0 Å². The van der Waals surface area contributed by atoms with Gasteiger partial charge in [0.2, 0.25) is 0 Å². The van der Waals surface area contributed by atoms with Crippen molar-refractivity contribution in [2.75, 3.05) is 46.3 Å². The van der Waals surface area contributed by atoms with Gasteiger partial charge in [-0.1, -0.05) is 206 Å². The van der Waals surface area contributed by atoms with E-state index in [9.17, 15) is 14.6 Å². The van der Waals surface area contributed by atoms with Gasteiger partial charge in [0.1, 0.15) is 6.07 Å². The van der Waals surface area contributed by atoms with Gasteiger partial charge in [0.15, 0.2) is 0 Å². The molecule has 1 fully saturated rings. The maximum absolute atomic E-state index is 9.96. The third kappa shape index (κ3) is 33.5. The van der Waals surface area contributed by atoms with Crippen LogP contribution in [0.3, 0.4) is 0 Å². The van der Waals surface area contributed by atoms with Gasteiger partial charge in [-0.05, 0) is 54.4 Å². The van der Waals surface area contributed by atoms with Crippen LogP contribution in [0.25, 0.3) is 0 Å². The minimum Gasteiger partial charge on any atom is -0.870 e. The molecule has 0 amide bonds. The van der Waals surface area contributed by atoms with Gasteiger partial charge in [-0.15, -0.1) is 0 Å². The molecule has 0 radical (unpaired) electrons. The Balaban J connectivity index is -0.00000000300. The normalized spacial score (nSPS) is 18.5. The van der Waals surface area contributed by atoms with E-state index in [0.717, 1.165) is 44.6 Å². The molecule has 4 atom stereocenters. The van der Waals surface area contributed by atoms with E-state index in [-0.39, 0.29) is 239 Å². The van der Waals surface area contributed by atoms with Crippen LogP contribution >= 0.6 is 11.6 Å². The van der Waals surface area contributed by atoms with Crippen LogP contribution in [0.1, 0.15) is 200 Å². The molecule has 0 unspecified atom stereocenters. The Morgan fingerprint density at radius 1 is 0.551 bits per heavy atom. The molecular formula is C57H275ClFNa2O8+. The van der Waals surface area contributed by atoms with Crippen molar-refractivity contribution in [3.05, 3.63) is 216 Å². The van der Waals surface area contributed by atoms with Crippen LogP contribution in [-0.4, -0.2) is 74.2 Å². The Kier molecular flexibility index (Phi) is 43.1. The van der Waals surface area contributed by atoms with Gasteiger partial charge in [0.05, 0.1) is 67.0 Å². The van der Waals surface area contributed by atoms with Crippen molar-refractivity contribution < 1.29 is 248 Å². The topological polar surface area (TPSA) is 117 Å². The molecule has 69 heavy (non-hydrogen) atoms. The Morgan fingerprint density at radius 3 is 1.17 bits per heavy atom. The zero-order chi connectivity index (χ0) is 47.7. The smallest absolute Gasteiger partial charge is 0.870 e. The Morgan fingerprint density at radius 2 is 0.899 bits per heavy atom. The number of benzene rings is 4. The first kappa shape index (κ1) is 64.2. The predicted molar refractivity (Wildman–Crippen MR) is 484 cm³/mol. The molecule has 4 aromatic rings. The molecule has 9 rings (SSSR count). The van der Waals surface area contributed by atoms with E-state index in [1.54, 1.807) is 0 Å². The van der Waals surface area contributed by atoms with E-state index < -0.39 is 7.15 Å². The fourth-order valence-electron chi connectivity index (χ4n) is 6.61. The SMILES string of the molecule is C1=CC(COCc2ccccc2)C=C1.C1=CCC=C1.C1CCOC1.ClCOCc1ccccc1.O[C@@H]1CC=C[C@H]1COCc1ccccc1.O[C@@H]1CC=C[C@H]1COCc1ccccc1.[2H]CF.[HH].[HH].[HH].[HH].[HH].[HH].[HH].[HH].[HH].[HH].[HH].[HH].[HH].[HH].[HH].[HH].[HH].[HH].[HH].[HH].[HH].[HH].[HH].[HH].[HH].[HH].[HH].[HH].[HH].[HH].[HH].[HH].[HH].[HH].[HH].[HH].[HH].[HH].[HH].[HH].[HH].[HH].[HH].[HH].[HH].[HH].[HH].[HH].[HH].[HH].[HH].[HH].[HH].[HH].[HH].[HH].[HH].[HH].[HH].[HH].[HH].[HH].[HH].[HH].[HH].[HH].[HH].[HH].[HH].[HH].[HH].[HH].[HH].[HH].[HH].[HH].[HH].[HH].[HH].[HH].[HH].[HH].[HH].[HH].[HH].[HH].[HH].[HH].[HH].[HH].[HH].[HH].[HH].[HH].[HH].[HH].[HH].[HH].[HH].[HH].[HH].[Na+].[Na+].[OH-]. The molecule has 1 aliphatic heterocycles. The van der Waals surface area contributed by atoms with Crippen molar-refractivity contribution in [1.82, 2.24) is 0 Å². The van der Waals surface area contributed by atoms with E-state index in [1.807, 2.05) is 133 Å². The molecule has 1 heterocycles. The molecule has 1 saturated heterocycles. The molecule has 0 saturated carbocycles. The van der Waals surface area contributed by atoms with E-state index in [2.05, 4.69) is 60.7 Å². The standard InChI is InChI=1S/2C13H16O2.C13H14O.C8H9ClO.C5H6.C4H8O.CH3F.2Na.H2O.101H2/c2*14-13-8-4-7-12(13)10-15-9-11-5-2-1-3-6-11;1-2-6-12(7-3-1)10-14-11-13-8-4-5-9-13;9-7-10-6-8-4-2-1-3-5-8;2*1-2-4-5-3-1;1-2;;;;;;;;;;;;;;;;;;;;;;;;;;;;;;;;;;;;;;;;;;;;;;;;;;;;;;;;;;;;;;;;;;;;;;;;;;;;;;;;;;;;;;;;;;;;;;;;;;;;;;;;/h2*1-7,12-14H,8-10H2;1-9,13H,10-11H2;1-5H,6-7H2;1-4H,5H2;1-4H2;1H3;;;1H2;101*1H/q;;;;;;;2*+1;;;;;;;;;;;;;;;;;;;;;;;;;;;;;;;;;;;;;;;;;;;;;;;;;;;;;;;;;;;;;;;;;;;;;;;;;;;;;;;;;;;;;;;;;;;;;;;;;;;;;;/p-1/t2*12-,13+;;;;;;;;;;;;;;;;;;;;;;;;;;;;;;;;;;;;;;;;;;;;;;;;;;;;;;;;;;;;;;;;;;;;;;;;;;;;;;;;;;;;;;;;;;;;;;;;;;;;;;;;;;;;;/m00............................................................................................................./s1/i;;;;;;1D;;;;;;;;;;;;;;;;;;;;;;;;;;;;;;;;;;;;;;;;;;;;;;;;;;;;;;;;;;;;;;;;;;;;;;;;;;;;;;;;;;;;;;;;;;;;;;;;;;;;;;;;. The summed E-state index contributed by atoms with van der Waals surface area (Å²) in [5.74, 6) is 0.820. The number of allylic oxidation sites excluding steroid dienone is 6. The maximum atomic E-state index is 9.96. The van der Waals surface area contributed by atoms with Gasteiger partial charge >= 0.3 is 59.1 Å². The van der Waals surface area contributed by atoms with E-state index in [1.165, 1.54) is 29.5 Å². The summed E-state index contributed by atoms with van der Waals surface area (Å²) in [4.78, 5) is 0. The van der Waals surface area contributed by atoms with Gasteiger partial charge in [0.25, 0.3) is 0 Å². The van der Waals surface area contributed by atoms with Crippen LogP contribution in [0.15, 0.2) is 194 Å². The number of hydrogen-bond donors (Lipinski definition) is 2. The van der Waals surface area contributed by atoms with Crippen molar-refractivity contribution in [3.8, 4) is 0 Å². The summed E-state index contributed by atoms with van der Waals surface area (Å²) in [6.45, 7) is 6.54. The summed E-state index contributed by atoms with van der Waals surface area (Å²) in [7, 11) is -1.00. The second-order valence-electron chi connectivity index (χ2n) is 15.6. The first-order chi connectivity index (χ1) is 33.0. The first-order valence-corrected chi connectivity index (χ1v) is 23.4. The minimum absolute atomic E-state index is 0. The average molecular weight is 1190 g/mol. The van der Waals surface area contributed by atoms with Crippen molar-refractivity contribution in [1.29, 1.82) is 0 Å². The molecule has 3 N–H and O–H groups in total. The van der Waals surface area contributed by atoms with Crippen molar-refractivity contribution in [3.63, 3.8) is 0 Å². The second-order valence-corrected chi connectivity index (χ2v) is 15.8. The second kappa shape index (κ2) is 46.3. The van der Waals surface area contributed by atoms with Crippen molar-refractivity contribution >= 4 is 11.6 Å². The fourth-order valence-corrected chi connectivity index (χ4v) is 6.69. The zero-order valence-electron chi connectivity index (χ0n) is 41.8. The summed E-state index contributed by atoms with van der Waals surface area (Å²) in [6.07, 6.45) is 29.6. The van der Waals surface area contributed by atoms with Gasteiger partial charge in [-0.3, -0.25) is 4.39 Å². The maximum Gasteiger partial charge on any atom is 1.00 e. The summed E-state index contributed by atoms with van der Waals surface area (Å²) >= 11 is 5.33. The molecule has 4 aromatic carbocycles. The summed E-state index contributed by atoms with van der Waals surface area (Å²) in [5, 5.41) is 19.1. The van der Waals surface area contributed by atoms with Crippen LogP contribution < -0.4 is 59.1 Å². The fraction of sp³-hybridized carbons (Fsp3) is 0.368. The van der Waals surface area contributed by atoms with Gasteiger partial charge in [-0.2, -0.15) is 0 Å². The monoisotopic (exact) mass is 1190 g/mol. The number of aliphatic hydroxyl groups is 2. The summed E-state index contributed by atoms with van der Waals surface area (Å²) in [6, 6.07) is 40.6. The Labute approximate surface area is 613 Å². The quantitative estimate of drug-likeness (QED) is 0.0687. The number of alkyl halides is 2. The Hall–Kier alpha value is -2.78. The molecule has 12 heteroatoms. The number of ether oxygens (including phenoxy) is 5. The first-order valence-electron chi connectivity index (χ1n) is 23.5. The summed E-state index contributed by atoms with van der Waals surface area (Å²) < 4.78 is 42.2. The van der Waals surface area contributed by atoms with Crippen molar-refractivity contribution in [2.45, 2.75) is 70.7 Å². The number of halogens is 2. The third-order valence-electron chi connectivity index (χ3n) is 10.3. The minimum atomic E-state index is -1.00. The van der Waals surface area contributed by atoms with Crippen LogP contribution in [0, 0.1) is 17.8 Å². The molecule has 8 nitrogen and oxygen atoms in total. The largest absolute Gasteiger partial charge is 1.00 e. The molecule has 5 aliphatic rings. The average Bonchev–Trinajstić information content (AvgIpc) is 4.25. The van der Waals surface area contributed by atoms with Crippen LogP contribution in [0.2, 0.25) is 0 Å². The molecule has 0 bridgehead atoms. The predicted octanol–water partition coefficient (Wildman–Crippen LogP) is 31.2. The van der Waals surface area contributed by atoms with Gasteiger partial charge in [0, 0.05) is 175 Å². The van der Waals surface area contributed by atoms with E-state index in [4.69, 9.17) is 36.7 Å². The molecule has 566 valence electrons. The molecule has 4 aliphatic carbocycles. The van der Waals surface area contributed by atoms with Gasteiger partial charge < -0.3 is 39.4 Å². The third-order valence-corrected chi connectivity index (χ3v) is 10.4. The van der Waals surface area contributed by atoms with Crippen LogP contribution in [0.5, 0.6) is 0 Å². The molecular weight excluding hydrogens is 913 g/mol. The number of hydrogen-bond acceptors (Lipinski definition) is 8. The van der Waals surface area contributed by atoms with E-state index in [0.29, 0.717) is 45.6 Å². The van der Waals surface area contributed by atoms with Crippen LogP contribution in [-0.2, 0) is 50.1 Å². The molecule has 0 spiro atoms.